The van der Waals surface area contributed by atoms with E-state index in [0.29, 0.717) is 11.1 Å². The molecular weight excluding hydrogens is 327 g/mol. The van der Waals surface area contributed by atoms with Crippen molar-refractivity contribution in [1.29, 1.82) is 0 Å². The third kappa shape index (κ3) is 2.98. The van der Waals surface area contributed by atoms with Crippen LogP contribution in [0.4, 0.5) is 13.2 Å². The second kappa shape index (κ2) is 5.35. The Morgan fingerprint density at radius 3 is 2.17 bits per heavy atom. The third-order valence-electron chi connectivity index (χ3n) is 3.89. The topological polar surface area (TPSA) is 37.4 Å². The van der Waals surface area contributed by atoms with Gasteiger partial charge < -0.3 is 0 Å². The summed E-state index contributed by atoms with van der Waals surface area (Å²) in [5.74, 6) is 0. The predicted molar refractivity (Wildman–Crippen MR) is 79.1 cm³/mol. The molecule has 122 valence electrons. The zero-order valence-electron chi connectivity index (χ0n) is 12.3. The molecule has 0 bridgehead atoms. The Morgan fingerprint density at radius 2 is 1.57 bits per heavy atom. The first kappa shape index (κ1) is 16.0. The van der Waals surface area contributed by atoms with Gasteiger partial charge >= 0.3 is 6.18 Å². The summed E-state index contributed by atoms with van der Waals surface area (Å²) in [6, 6.07) is 9.77. The van der Waals surface area contributed by atoms with E-state index in [0.717, 1.165) is 17.7 Å². The normalized spacial score (nSPS) is 15.7. The van der Waals surface area contributed by atoms with E-state index < -0.39 is 21.8 Å². The van der Waals surface area contributed by atoms with Gasteiger partial charge in [0.25, 0.3) is 0 Å². The van der Waals surface area contributed by atoms with Crippen LogP contribution in [0.25, 0.3) is 0 Å². The maximum absolute atomic E-state index is 12.8. The van der Waals surface area contributed by atoms with Gasteiger partial charge in [-0.05, 0) is 42.3 Å². The number of sulfonamides is 1. The fraction of sp³-hybridized carbons (Fsp3) is 0.250. The molecule has 0 N–H and O–H groups in total. The van der Waals surface area contributed by atoms with Gasteiger partial charge in [-0.1, -0.05) is 23.8 Å². The van der Waals surface area contributed by atoms with Crippen LogP contribution in [0.2, 0.25) is 0 Å². The molecule has 1 aliphatic heterocycles. The van der Waals surface area contributed by atoms with Crippen molar-refractivity contribution < 1.29 is 21.6 Å². The average Bonchev–Trinajstić information content (AvgIpc) is 2.90. The Morgan fingerprint density at radius 1 is 0.957 bits per heavy atom. The lowest BCUT2D eigenvalue weighted by atomic mass is 10.1. The van der Waals surface area contributed by atoms with E-state index in [2.05, 4.69) is 0 Å². The van der Waals surface area contributed by atoms with Crippen molar-refractivity contribution in [3.05, 3.63) is 64.7 Å². The minimum Gasteiger partial charge on any atom is -0.207 e. The van der Waals surface area contributed by atoms with Crippen molar-refractivity contribution >= 4 is 10.0 Å². The number of halogens is 3. The van der Waals surface area contributed by atoms with E-state index in [9.17, 15) is 21.6 Å². The fourth-order valence-electron chi connectivity index (χ4n) is 2.57. The minimum atomic E-state index is -4.43. The molecule has 23 heavy (non-hydrogen) atoms. The Hall–Kier alpha value is -1.86. The smallest absolute Gasteiger partial charge is 0.207 e. The van der Waals surface area contributed by atoms with Crippen LogP contribution in [0.15, 0.2) is 47.4 Å². The molecule has 0 unspecified atom stereocenters. The minimum absolute atomic E-state index is 0.0462. The summed E-state index contributed by atoms with van der Waals surface area (Å²) in [5.41, 5.74) is 1.18. The van der Waals surface area contributed by atoms with E-state index in [1.807, 2.05) is 6.92 Å². The van der Waals surface area contributed by atoms with Crippen molar-refractivity contribution in [2.45, 2.75) is 31.1 Å². The number of alkyl halides is 3. The molecule has 0 fully saturated rings. The number of hydrogen-bond acceptors (Lipinski definition) is 2. The number of hydrogen-bond donors (Lipinski definition) is 0. The van der Waals surface area contributed by atoms with E-state index in [1.54, 1.807) is 12.1 Å². The maximum atomic E-state index is 12.8. The average molecular weight is 341 g/mol. The van der Waals surface area contributed by atoms with Crippen molar-refractivity contribution in [2.75, 3.05) is 0 Å². The summed E-state index contributed by atoms with van der Waals surface area (Å²) < 4.78 is 64.7. The highest BCUT2D eigenvalue weighted by Gasteiger charge is 2.35. The van der Waals surface area contributed by atoms with Crippen molar-refractivity contribution in [2.24, 2.45) is 0 Å². The standard InChI is InChI=1S/C16H14F3NO2S/c1-11-2-6-15(7-3-11)23(21,22)20-9-12-4-5-14(16(17,18)19)8-13(12)10-20/h2-8H,9-10H2,1H3. The van der Waals surface area contributed by atoms with Crippen LogP contribution < -0.4 is 0 Å². The molecule has 0 saturated carbocycles. The summed E-state index contributed by atoms with van der Waals surface area (Å²) >= 11 is 0. The van der Waals surface area contributed by atoms with Crippen molar-refractivity contribution in [3.8, 4) is 0 Å². The van der Waals surface area contributed by atoms with Crippen LogP contribution in [0.1, 0.15) is 22.3 Å². The van der Waals surface area contributed by atoms with Crippen LogP contribution in [0.3, 0.4) is 0 Å². The van der Waals surface area contributed by atoms with Crippen LogP contribution in [-0.4, -0.2) is 12.7 Å². The summed E-state index contributed by atoms with van der Waals surface area (Å²) in [6.45, 7) is 1.89. The molecule has 2 aromatic rings. The molecule has 0 saturated heterocycles. The van der Waals surface area contributed by atoms with Crippen molar-refractivity contribution in [3.63, 3.8) is 0 Å². The molecule has 3 rings (SSSR count). The lowest BCUT2D eigenvalue weighted by Gasteiger charge is -2.15. The van der Waals surface area contributed by atoms with E-state index in [1.165, 1.54) is 22.5 Å². The van der Waals surface area contributed by atoms with Gasteiger partial charge in [0.05, 0.1) is 10.5 Å². The summed E-state index contributed by atoms with van der Waals surface area (Å²) in [5, 5.41) is 0. The third-order valence-corrected chi connectivity index (χ3v) is 5.69. The molecule has 0 atom stereocenters. The highest BCUT2D eigenvalue weighted by molar-refractivity contribution is 7.89. The Kier molecular flexibility index (Phi) is 3.72. The molecule has 0 aliphatic carbocycles. The van der Waals surface area contributed by atoms with E-state index in [4.69, 9.17) is 0 Å². The van der Waals surface area contributed by atoms with E-state index >= 15 is 0 Å². The first-order valence-electron chi connectivity index (χ1n) is 6.94. The molecule has 0 radical (unpaired) electrons. The Balaban J connectivity index is 1.91. The zero-order valence-corrected chi connectivity index (χ0v) is 13.1. The second-order valence-electron chi connectivity index (χ2n) is 5.57. The van der Waals surface area contributed by atoms with Gasteiger partial charge in [-0.15, -0.1) is 0 Å². The van der Waals surface area contributed by atoms with Crippen LogP contribution in [0, 0.1) is 6.92 Å². The van der Waals surface area contributed by atoms with Crippen LogP contribution in [0.5, 0.6) is 0 Å². The van der Waals surface area contributed by atoms with Gasteiger partial charge in [-0.2, -0.15) is 17.5 Å². The highest BCUT2D eigenvalue weighted by Crippen LogP contribution is 2.34. The molecule has 0 spiro atoms. The SMILES string of the molecule is Cc1ccc(S(=O)(=O)N2Cc3ccc(C(F)(F)F)cc3C2)cc1. The largest absolute Gasteiger partial charge is 0.416 e. The molecule has 0 aromatic heterocycles. The van der Waals surface area contributed by atoms with Gasteiger partial charge in [-0.25, -0.2) is 8.42 Å². The first-order valence-corrected chi connectivity index (χ1v) is 8.38. The predicted octanol–water partition coefficient (Wildman–Crippen LogP) is 3.72. The number of rotatable bonds is 2. The molecule has 0 amide bonds. The van der Waals surface area contributed by atoms with Gasteiger partial charge in [0.2, 0.25) is 10.0 Å². The van der Waals surface area contributed by atoms with Crippen molar-refractivity contribution in [1.82, 2.24) is 4.31 Å². The maximum Gasteiger partial charge on any atom is 0.416 e. The number of aryl methyl sites for hydroxylation is 1. The first-order chi connectivity index (χ1) is 10.7. The second-order valence-corrected chi connectivity index (χ2v) is 7.51. The Labute approximate surface area is 132 Å². The number of nitrogens with zero attached hydrogens (tertiary/aromatic N) is 1. The quantitative estimate of drug-likeness (QED) is 0.835. The molecule has 1 aliphatic rings. The van der Waals surface area contributed by atoms with Gasteiger partial charge in [0.1, 0.15) is 0 Å². The summed E-state index contributed by atoms with van der Waals surface area (Å²) in [4.78, 5) is 0.145. The highest BCUT2D eigenvalue weighted by atomic mass is 32.2. The Bertz CT molecular complexity index is 843. The summed E-state index contributed by atoms with van der Waals surface area (Å²) in [7, 11) is -3.72. The molecule has 1 heterocycles. The monoisotopic (exact) mass is 341 g/mol. The van der Waals surface area contributed by atoms with E-state index in [-0.39, 0.29) is 18.0 Å². The molecule has 3 nitrogen and oxygen atoms in total. The fourth-order valence-corrected chi connectivity index (χ4v) is 3.97. The molecule has 2 aromatic carbocycles. The number of fused-ring (bicyclic) bond motifs is 1. The molecular formula is C16H14F3NO2S. The lowest BCUT2D eigenvalue weighted by Crippen LogP contribution is -2.25. The van der Waals surface area contributed by atoms with Crippen LogP contribution >= 0.6 is 0 Å². The summed E-state index contributed by atoms with van der Waals surface area (Å²) in [6.07, 6.45) is -4.43. The number of benzene rings is 2. The molecule has 7 heteroatoms. The van der Waals surface area contributed by atoms with Gasteiger partial charge in [0.15, 0.2) is 0 Å². The van der Waals surface area contributed by atoms with Gasteiger partial charge in [-0.3, -0.25) is 0 Å². The van der Waals surface area contributed by atoms with Gasteiger partial charge in [0, 0.05) is 13.1 Å². The lowest BCUT2D eigenvalue weighted by molar-refractivity contribution is -0.137. The zero-order chi connectivity index (χ0) is 16.8. The van der Waals surface area contributed by atoms with Crippen LogP contribution in [-0.2, 0) is 29.3 Å².